The normalized spacial score (nSPS) is 18.4. The van der Waals surface area contributed by atoms with Crippen LogP contribution in [0.4, 0.5) is 5.82 Å². The van der Waals surface area contributed by atoms with Crippen molar-refractivity contribution in [3.63, 3.8) is 0 Å². The van der Waals surface area contributed by atoms with Gasteiger partial charge in [0.15, 0.2) is 5.82 Å². The van der Waals surface area contributed by atoms with Gasteiger partial charge in [0.2, 0.25) is 5.91 Å². The molecule has 0 atom stereocenters. The third-order valence-corrected chi connectivity index (χ3v) is 4.53. The zero-order chi connectivity index (χ0) is 17.2. The second-order valence-electron chi connectivity index (χ2n) is 6.65. The Labute approximate surface area is 146 Å². The zero-order valence-corrected chi connectivity index (χ0v) is 14.3. The van der Waals surface area contributed by atoms with Gasteiger partial charge in [-0.15, -0.1) is 0 Å². The van der Waals surface area contributed by atoms with Crippen molar-refractivity contribution in [3.8, 4) is 11.5 Å². The molecule has 8 heteroatoms. The minimum Gasteiger partial charge on any atom is -0.354 e. The average Bonchev–Trinajstić information content (AvgIpc) is 3.32. The van der Waals surface area contributed by atoms with Gasteiger partial charge < -0.3 is 14.7 Å². The maximum atomic E-state index is 11.9. The van der Waals surface area contributed by atoms with E-state index >= 15 is 0 Å². The van der Waals surface area contributed by atoms with Gasteiger partial charge in [-0.25, -0.2) is 4.98 Å². The van der Waals surface area contributed by atoms with E-state index in [1.165, 1.54) is 0 Å². The fraction of sp³-hybridized carbons (Fsp3) is 0.529. The summed E-state index contributed by atoms with van der Waals surface area (Å²) in [5.74, 6) is 2.17. The highest BCUT2D eigenvalue weighted by atomic mass is 16.5. The quantitative estimate of drug-likeness (QED) is 0.861. The average molecular weight is 342 g/mol. The van der Waals surface area contributed by atoms with Crippen molar-refractivity contribution in [2.45, 2.75) is 25.8 Å². The van der Waals surface area contributed by atoms with Crippen LogP contribution in [0.2, 0.25) is 0 Å². The molecule has 2 fully saturated rings. The number of nitrogens with one attached hydrogen (secondary N) is 1. The van der Waals surface area contributed by atoms with Gasteiger partial charge in [0.05, 0.1) is 6.54 Å². The third-order valence-electron chi connectivity index (χ3n) is 4.53. The molecule has 25 heavy (non-hydrogen) atoms. The molecule has 1 N–H and O–H groups in total. The van der Waals surface area contributed by atoms with Crippen LogP contribution < -0.4 is 10.2 Å². The summed E-state index contributed by atoms with van der Waals surface area (Å²) in [4.78, 5) is 25.1. The molecule has 1 aliphatic carbocycles. The second-order valence-corrected chi connectivity index (χ2v) is 6.65. The van der Waals surface area contributed by atoms with Crippen LogP contribution in [0.5, 0.6) is 0 Å². The van der Waals surface area contributed by atoms with Crippen molar-refractivity contribution in [1.29, 1.82) is 0 Å². The smallest absolute Gasteiger partial charge is 0.258 e. The first-order valence-electron chi connectivity index (χ1n) is 8.71. The second kappa shape index (κ2) is 6.79. The van der Waals surface area contributed by atoms with Gasteiger partial charge in [0.1, 0.15) is 5.82 Å². The van der Waals surface area contributed by atoms with Crippen molar-refractivity contribution in [3.05, 3.63) is 24.2 Å². The van der Waals surface area contributed by atoms with E-state index in [9.17, 15) is 4.79 Å². The molecule has 0 bridgehead atoms. The Balaban J connectivity index is 1.35. The molecule has 0 unspecified atom stereocenters. The molecule has 132 valence electrons. The summed E-state index contributed by atoms with van der Waals surface area (Å²) in [5.41, 5.74) is 0.872. The van der Waals surface area contributed by atoms with Gasteiger partial charge in [-0.05, 0) is 31.9 Å². The summed E-state index contributed by atoms with van der Waals surface area (Å²) in [5, 5.41) is 6.87. The molecule has 0 spiro atoms. The number of nitrogens with zero attached hydrogens (tertiary/aromatic N) is 5. The lowest BCUT2D eigenvalue weighted by molar-refractivity contribution is -0.122. The molecule has 1 saturated heterocycles. The van der Waals surface area contributed by atoms with Gasteiger partial charge in [-0.3, -0.25) is 9.69 Å². The molecule has 0 aromatic carbocycles. The maximum absolute atomic E-state index is 11.9. The monoisotopic (exact) mass is 342 g/mol. The van der Waals surface area contributed by atoms with Crippen molar-refractivity contribution >= 4 is 11.7 Å². The first kappa shape index (κ1) is 16.0. The van der Waals surface area contributed by atoms with Crippen LogP contribution >= 0.6 is 0 Å². The predicted molar refractivity (Wildman–Crippen MR) is 92.1 cm³/mol. The van der Waals surface area contributed by atoms with Crippen molar-refractivity contribution in [2.75, 3.05) is 37.6 Å². The molecule has 2 aliphatic rings. The highest BCUT2D eigenvalue weighted by molar-refractivity contribution is 5.78. The van der Waals surface area contributed by atoms with Crippen LogP contribution in [0, 0.1) is 6.92 Å². The fourth-order valence-corrected chi connectivity index (χ4v) is 2.98. The minimum absolute atomic E-state index is 0.142. The Morgan fingerprint density at radius 1 is 1.32 bits per heavy atom. The highest BCUT2D eigenvalue weighted by Gasteiger charge is 2.25. The first-order chi connectivity index (χ1) is 12.2. The molecule has 4 rings (SSSR count). The van der Waals surface area contributed by atoms with Crippen LogP contribution in [-0.4, -0.2) is 64.7 Å². The topological polar surface area (TPSA) is 87.4 Å². The molecule has 2 aromatic heterocycles. The molecule has 1 amide bonds. The number of carbonyl (C=O) groups is 1. The van der Waals surface area contributed by atoms with Crippen molar-refractivity contribution in [2.24, 2.45) is 0 Å². The summed E-state index contributed by atoms with van der Waals surface area (Å²) >= 11 is 0. The summed E-state index contributed by atoms with van der Waals surface area (Å²) in [7, 11) is 0. The summed E-state index contributed by atoms with van der Waals surface area (Å²) in [6.45, 7) is 5.67. The van der Waals surface area contributed by atoms with E-state index in [2.05, 4.69) is 30.2 Å². The number of rotatable bonds is 5. The van der Waals surface area contributed by atoms with Gasteiger partial charge in [0, 0.05) is 44.0 Å². The maximum Gasteiger partial charge on any atom is 0.258 e. The molecule has 0 radical (unpaired) electrons. The van der Waals surface area contributed by atoms with E-state index in [0.29, 0.717) is 24.3 Å². The largest absolute Gasteiger partial charge is 0.354 e. The number of piperazine rings is 1. The first-order valence-corrected chi connectivity index (χ1v) is 8.71. The van der Waals surface area contributed by atoms with Crippen LogP contribution in [0.3, 0.4) is 0 Å². The van der Waals surface area contributed by atoms with E-state index in [4.69, 9.17) is 4.52 Å². The van der Waals surface area contributed by atoms with Crippen LogP contribution in [0.25, 0.3) is 11.5 Å². The van der Waals surface area contributed by atoms with E-state index in [-0.39, 0.29) is 5.91 Å². The van der Waals surface area contributed by atoms with E-state index in [1.807, 2.05) is 12.1 Å². The molecule has 1 saturated carbocycles. The molecule has 2 aromatic rings. The van der Waals surface area contributed by atoms with E-state index in [0.717, 1.165) is 50.4 Å². The lowest BCUT2D eigenvalue weighted by Gasteiger charge is -2.35. The highest BCUT2D eigenvalue weighted by Crippen LogP contribution is 2.22. The molecular weight excluding hydrogens is 320 g/mol. The standard InChI is InChI=1S/C17H22N6O2/c1-12-19-17(25-21-12)13-4-5-18-15(10-13)23-8-6-22(7-9-23)11-16(24)20-14-2-3-14/h4-5,10,14H,2-3,6-9,11H2,1H3,(H,20,24). The Morgan fingerprint density at radius 2 is 2.12 bits per heavy atom. The van der Waals surface area contributed by atoms with Crippen molar-refractivity contribution in [1.82, 2.24) is 25.3 Å². The number of aryl methyl sites for hydroxylation is 1. The van der Waals surface area contributed by atoms with Crippen molar-refractivity contribution < 1.29 is 9.32 Å². The van der Waals surface area contributed by atoms with Crippen LogP contribution in [-0.2, 0) is 4.79 Å². The number of anilines is 1. The molecule has 8 nitrogen and oxygen atoms in total. The summed E-state index contributed by atoms with van der Waals surface area (Å²) in [6, 6.07) is 4.27. The lowest BCUT2D eigenvalue weighted by Crippen LogP contribution is -2.50. The molecular formula is C17H22N6O2. The van der Waals surface area contributed by atoms with Gasteiger partial charge in [-0.2, -0.15) is 4.98 Å². The summed E-state index contributed by atoms with van der Waals surface area (Å²) in [6.07, 6.45) is 4.02. The van der Waals surface area contributed by atoms with Crippen LogP contribution in [0.15, 0.2) is 22.9 Å². The van der Waals surface area contributed by atoms with E-state index < -0.39 is 0 Å². The van der Waals surface area contributed by atoms with Gasteiger partial charge >= 0.3 is 0 Å². The van der Waals surface area contributed by atoms with Crippen LogP contribution in [0.1, 0.15) is 18.7 Å². The Kier molecular flexibility index (Phi) is 4.35. The number of carbonyl (C=O) groups excluding carboxylic acids is 1. The fourth-order valence-electron chi connectivity index (χ4n) is 2.98. The number of pyridine rings is 1. The minimum atomic E-state index is 0.142. The Bertz CT molecular complexity index is 749. The third kappa shape index (κ3) is 3.96. The molecule has 3 heterocycles. The zero-order valence-electron chi connectivity index (χ0n) is 14.3. The van der Waals surface area contributed by atoms with E-state index in [1.54, 1.807) is 13.1 Å². The Hall–Kier alpha value is -2.48. The Morgan fingerprint density at radius 3 is 2.80 bits per heavy atom. The predicted octanol–water partition coefficient (Wildman–Crippen LogP) is 0.841. The lowest BCUT2D eigenvalue weighted by atomic mass is 10.2. The number of amides is 1. The van der Waals surface area contributed by atoms with Gasteiger partial charge in [0.25, 0.3) is 5.89 Å². The number of hydrogen-bond acceptors (Lipinski definition) is 7. The number of aromatic nitrogens is 3. The van der Waals surface area contributed by atoms with Gasteiger partial charge in [-0.1, -0.05) is 5.16 Å². The molecule has 1 aliphatic heterocycles. The SMILES string of the molecule is Cc1noc(-c2ccnc(N3CCN(CC(=O)NC4CC4)CC3)c2)n1. The number of hydrogen-bond donors (Lipinski definition) is 1. The summed E-state index contributed by atoms with van der Waals surface area (Å²) < 4.78 is 5.23.